The summed E-state index contributed by atoms with van der Waals surface area (Å²) in [6.07, 6.45) is -2.96. The fourth-order valence-electron chi connectivity index (χ4n) is 3.08. The molecule has 2 aromatic rings. The first-order valence-electron chi connectivity index (χ1n) is 9.46. The van der Waals surface area contributed by atoms with Crippen molar-refractivity contribution < 1.29 is 22.7 Å². The van der Waals surface area contributed by atoms with Crippen molar-refractivity contribution in [3.05, 3.63) is 84.4 Å². The maximum Gasteiger partial charge on any atom is 0.471 e. The largest absolute Gasteiger partial charge is 0.471 e. The van der Waals surface area contributed by atoms with Crippen LogP contribution >= 0.6 is 0 Å². The molecule has 0 bridgehead atoms. The van der Waals surface area contributed by atoms with E-state index < -0.39 is 29.8 Å². The summed E-state index contributed by atoms with van der Waals surface area (Å²) in [6, 6.07) is 16.5. The quantitative estimate of drug-likeness (QED) is 0.527. The van der Waals surface area contributed by atoms with E-state index in [4.69, 9.17) is 4.74 Å². The molecule has 0 aliphatic rings. The molecule has 6 heteroatoms. The van der Waals surface area contributed by atoms with Gasteiger partial charge in [-0.25, -0.2) is 0 Å². The van der Waals surface area contributed by atoms with Gasteiger partial charge in [0.05, 0.1) is 11.6 Å². The second kappa shape index (κ2) is 9.74. The second-order valence-corrected chi connectivity index (χ2v) is 7.10. The summed E-state index contributed by atoms with van der Waals surface area (Å²) in [5.74, 6) is -2.00. The third-order valence-corrected chi connectivity index (χ3v) is 4.87. The Kier molecular flexibility index (Phi) is 7.62. The number of hydrogen-bond donors (Lipinski definition) is 1. The Morgan fingerprint density at radius 1 is 1.07 bits per heavy atom. The Labute approximate surface area is 169 Å². The lowest BCUT2D eigenvalue weighted by Crippen LogP contribution is -2.43. The maximum atomic E-state index is 13.0. The van der Waals surface area contributed by atoms with Crippen molar-refractivity contribution in [2.24, 2.45) is 0 Å². The van der Waals surface area contributed by atoms with Gasteiger partial charge >= 0.3 is 12.1 Å². The summed E-state index contributed by atoms with van der Waals surface area (Å²) in [7, 11) is 0. The number of alkyl halides is 3. The number of carbonyl (C=O) groups excluding carboxylic acids is 1. The molecule has 0 radical (unpaired) electrons. The monoisotopic (exact) mass is 405 g/mol. The lowest BCUT2D eigenvalue weighted by atomic mass is 9.92. The number of ether oxygens (including phenoxy) is 1. The van der Waals surface area contributed by atoms with E-state index in [2.05, 4.69) is 11.9 Å². The minimum atomic E-state index is -5.00. The van der Waals surface area contributed by atoms with Gasteiger partial charge < -0.3 is 10.1 Å². The summed E-state index contributed by atoms with van der Waals surface area (Å²) in [6.45, 7) is 7.59. The van der Waals surface area contributed by atoms with Gasteiger partial charge in [0, 0.05) is 0 Å². The van der Waals surface area contributed by atoms with Crippen LogP contribution < -0.4 is 5.32 Å². The van der Waals surface area contributed by atoms with Crippen LogP contribution in [0.4, 0.5) is 13.2 Å². The molecule has 3 atom stereocenters. The van der Waals surface area contributed by atoms with Crippen LogP contribution in [0.2, 0.25) is 0 Å². The highest BCUT2D eigenvalue weighted by Crippen LogP contribution is 2.38. The average Bonchev–Trinajstić information content (AvgIpc) is 2.71. The lowest BCUT2D eigenvalue weighted by Gasteiger charge is -2.37. The first kappa shape index (κ1) is 22.7. The maximum absolute atomic E-state index is 13.0. The Morgan fingerprint density at radius 3 is 2.03 bits per heavy atom. The fraction of sp³-hybridized carbons (Fsp3) is 0.348. The van der Waals surface area contributed by atoms with Gasteiger partial charge in [0.25, 0.3) is 0 Å². The predicted molar refractivity (Wildman–Crippen MR) is 107 cm³/mol. The highest BCUT2D eigenvalue weighted by molar-refractivity contribution is 5.82. The van der Waals surface area contributed by atoms with E-state index >= 15 is 0 Å². The second-order valence-electron chi connectivity index (χ2n) is 7.10. The smallest absolute Gasteiger partial charge is 0.365 e. The normalized spacial score (nSPS) is 15.8. The third kappa shape index (κ3) is 6.19. The Hall–Kier alpha value is -2.60. The molecule has 0 aliphatic carbocycles. The molecule has 0 aromatic heterocycles. The van der Waals surface area contributed by atoms with E-state index in [0.717, 1.165) is 0 Å². The van der Waals surface area contributed by atoms with Crippen LogP contribution in [-0.2, 0) is 9.53 Å². The van der Waals surface area contributed by atoms with Crippen LogP contribution in [0.25, 0.3) is 0 Å². The van der Waals surface area contributed by atoms with Crippen LogP contribution in [-0.4, -0.2) is 17.7 Å². The Balaban J connectivity index is 2.54. The highest BCUT2D eigenvalue weighted by Gasteiger charge is 2.42. The molecule has 1 amide bonds. The highest BCUT2D eigenvalue weighted by atomic mass is 19.4. The van der Waals surface area contributed by atoms with Gasteiger partial charge in [-0.15, -0.1) is 6.58 Å². The van der Waals surface area contributed by atoms with E-state index in [9.17, 15) is 18.0 Å². The molecule has 0 aliphatic heterocycles. The number of rotatable bonds is 9. The SMILES string of the molecule is C=CC[C@](C)(CC)O[C@H](c1ccccc1)[C@H](NC(=O)C(F)(F)F)c1ccccc1. The van der Waals surface area contributed by atoms with Crippen molar-refractivity contribution >= 4 is 5.91 Å². The zero-order valence-corrected chi connectivity index (χ0v) is 16.6. The molecule has 0 heterocycles. The molecular weight excluding hydrogens is 379 g/mol. The molecule has 0 saturated carbocycles. The summed E-state index contributed by atoms with van der Waals surface area (Å²) in [4.78, 5) is 11.8. The van der Waals surface area contributed by atoms with Crippen LogP contribution in [0.15, 0.2) is 73.3 Å². The average molecular weight is 405 g/mol. The predicted octanol–water partition coefficient (Wildman–Crippen LogP) is 5.91. The zero-order valence-electron chi connectivity index (χ0n) is 16.6. The molecule has 0 fully saturated rings. The van der Waals surface area contributed by atoms with Crippen LogP contribution in [0.5, 0.6) is 0 Å². The molecule has 29 heavy (non-hydrogen) atoms. The van der Waals surface area contributed by atoms with Crippen LogP contribution in [0.1, 0.15) is 50.0 Å². The van der Waals surface area contributed by atoms with Gasteiger partial charge in [-0.05, 0) is 30.9 Å². The number of hydrogen-bond acceptors (Lipinski definition) is 2. The van der Waals surface area contributed by atoms with Gasteiger partial charge in [-0.1, -0.05) is 73.7 Å². The van der Waals surface area contributed by atoms with Crippen LogP contribution in [0, 0.1) is 0 Å². The number of benzene rings is 2. The van der Waals surface area contributed by atoms with Gasteiger partial charge in [0.1, 0.15) is 6.10 Å². The molecule has 1 N–H and O–H groups in total. The standard InChI is InChI=1S/C23H26F3NO2/c1-4-16-22(3,5-2)29-20(18-14-10-7-11-15-18)19(17-12-8-6-9-13-17)27-21(28)23(24,25)26/h4,6-15,19-20H,1,5,16H2,2-3H3,(H,27,28)/t19-,20-,22+/m1/s1. The number of nitrogens with one attached hydrogen (secondary N) is 1. The minimum Gasteiger partial charge on any atom is -0.365 e. The van der Waals surface area contributed by atoms with Gasteiger partial charge in [-0.2, -0.15) is 13.2 Å². The van der Waals surface area contributed by atoms with Gasteiger partial charge in [-0.3, -0.25) is 4.79 Å². The molecule has 2 aromatic carbocycles. The number of amides is 1. The fourth-order valence-corrected chi connectivity index (χ4v) is 3.08. The zero-order chi connectivity index (χ0) is 21.5. The van der Waals surface area contributed by atoms with E-state index in [1.807, 2.05) is 19.9 Å². The van der Waals surface area contributed by atoms with E-state index in [1.165, 1.54) is 0 Å². The van der Waals surface area contributed by atoms with E-state index in [0.29, 0.717) is 24.0 Å². The third-order valence-electron chi connectivity index (χ3n) is 4.87. The topological polar surface area (TPSA) is 38.3 Å². The number of halogens is 3. The number of carbonyl (C=O) groups is 1. The molecule has 156 valence electrons. The first-order chi connectivity index (χ1) is 13.7. The van der Waals surface area contributed by atoms with Crippen molar-refractivity contribution in [1.29, 1.82) is 0 Å². The molecule has 0 spiro atoms. The van der Waals surface area contributed by atoms with Gasteiger partial charge in [0.15, 0.2) is 0 Å². The summed E-state index contributed by atoms with van der Waals surface area (Å²) < 4.78 is 45.5. The Morgan fingerprint density at radius 2 is 1.59 bits per heavy atom. The minimum absolute atomic E-state index is 0.515. The van der Waals surface area contributed by atoms with Crippen molar-refractivity contribution in [2.45, 2.75) is 50.6 Å². The van der Waals surface area contributed by atoms with Crippen molar-refractivity contribution in [1.82, 2.24) is 5.32 Å². The molecule has 0 unspecified atom stereocenters. The lowest BCUT2D eigenvalue weighted by molar-refractivity contribution is -0.177. The van der Waals surface area contributed by atoms with Crippen molar-refractivity contribution in [2.75, 3.05) is 0 Å². The summed E-state index contributed by atoms with van der Waals surface area (Å²) >= 11 is 0. The van der Waals surface area contributed by atoms with E-state index in [1.54, 1.807) is 60.7 Å². The molecule has 0 saturated heterocycles. The van der Waals surface area contributed by atoms with E-state index in [-0.39, 0.29) is 0 Å². The molecule has 2 rings (SSSR count). The molecular formula is C23H26F3NO2. The van der Waals surface area contributed by atoms with Crippen molar-refractivity contribution in [3.8, 4) is 0 Å². The van der Waals surface area contributed by atoms with Crippen LogP contribution in [0.3, 0.4) is 0 Å². The molecule has 3 nitrogen and oxygen atoms in total. The summed E-state index contributed by atoms with van der Waals surface area (Å²) in [5.41, 5.74) is 0.543. The van der Waals surface area contributed by atoms with Crippen molar-refractivity contribution in [3.63, 3.8) is 0 Å². The first-order valence-corrected chi connectivity index (χ1v) is 9.46. The Bertz CT molecular complexity index is 793. The summed E-state index contributed by atoms with van der Waals surface area (Å²) in [5, 5.41) is 2.15. The van der Waals surface area contributed by atoms with Gasteiger partial charge in [0.2, 0.25) is 0 Å².